The number of anilines is 1. The van der Waals surface area contributed by atoms with Gasteiger partial charge in [0.15, 0.2) is 6.23 Å². The lowest BCUT2D eigenvalue weighted by Gasteiger charge is -2.20. The number of carbonyl (C=O) groups excluding carboxylic acids is 3. The predicted octanol–water partition coefficient (Wildman–Crippen LogP) is 0.198. The van der Waals surface area contributed by atoms with E-state index in [-0.39, 0.29) is 18.8 Å². The summed E-state index contributed by atoms with van der Waals surface area (Å²) in [4.78, 5) is 51.7. The summed E-state index contributed by atoms with van der Waals surface area (Å²) in [7, 11) is 2.40. The molecule has 158 valence electrons. The number of rotatable bonds is 7. The lowest BCUT2D eigenvalue weighted by atomic mass is 10.2. The molecule has 3 atom stereocenters. The number of methoxy groups -OCH3 is 2. The van der Waals surface area contributed by atoms with E-state index in [9.17, 15) is 19.2 Å². The zero-order valence-corrected chi connectivity index (χ0v) is 16.0. The summed E-state index contributed by atoms with van der Waals surface area (Å²) in [5.74, 6) is -1.05. The van der Waals surface area contributed by atoms with Gasteiger partial charge in [-0.3, -0.25) is 4.79 Å². The quantitative estimate of drug-likeness (QED) is 0.359. The molecule has 0 aliphatic carbocycles. The molecule has 12 nitrogen and oxygen atoms in total. The van der Waals surface area contributed by atoms with Gasteiger partial charge in [0.05, 0.1) is 20.3 Å². The summed E-state index contributed by atoms with van der Waals surface area (Å²) >= 11 is 0. The molecule has 1 aliphatic rings. The number of aromatic amines is 1. The first-order valence-electron chi connectivity index (χ1n) is 8.48. The van der Waals surface area contributed by atoms with E-state index in [4.69, 9.17) is 14.2 Å². The highest BCUT2D eigenvalue weighted by atomic mass is 16.7. The fraction of sp³-hybridized carbons (Fsp3) is 0.471. The van der Waals surface area contributed by atoms with Gasteiger partial charge >= 0.3 is 23.8 Å². The molecule has 0 saturated carbocycles. The number of H-pyrrole nitrogens is 1. The van der Waals surface area contributed by atoms with E-state index in [2.05, 4.69) is 24.8 Å². The van der Waals surface area contributed by atoms with E-state index < -0.39 is 42.2 Å². The maximum atomic E-state index is 11.6. The van der Waals surface area contributed by atoms with E-state index in [0.29, 0.717) is 5.56 Å². The Kier molecular flexibility index (Phi) is 7.71. The molecule has 12 heteroatoms. The van der Waals surface area contributed by atoms with Gasteiger partial charge in [-0.15, -0.1) is 0 Å². The Hall–Kier alpha value is -3.41. The third-order valence-electron chi connectivity index (χ3n) is 3.76. The second kappa shape index (κ2) is 10.2. The number of aromatic nitrogens is 2. The first-order chi connectivity index (χ1) is 13.8. The van der Waals surface area contributed by atoms with Gasteiger partial charge in [-0.25, -0.2) is 14.4 Å². The number of hydrogen-bond donors (Lipinski definition) is 2. The highest BCUT2D eigenvalue weighted by Gasteiger charge is 2.38. The minimum atomic E-state index is -0.885. The lowest BCUT2D eigenvalue weighted by Crippen LogP contribution is -2.34. The van der Waals surface area contributed by atoms with Crippen molar-refractivity contribution in [1.29, 1.82) is 0 Å². The molecule has 2 rings (SSSR count). The number of hydrogen-bond acceptors (Lipinski definition) is 11. The Bertz CT molecular complexity index is 836. The van der Waals surface area contributed by atoms with E-state index in [1.54, 1.807) is 0 Å². The van der Waals surface area contributed by atoms with Crippen LogP contribution >= 0.6 is 0 Å². The Morgan fingerprint density at radius 1 is 1.34 bits per heavy atom. The molecule has 0 spiro atoms. The molecule has 1 aromatic heterocycles. The second-order valence-corrected chi connectivity index (χ2v) is 5.84. The average molecular weight is 411 g/mol. The van der Waals surface area contributed by atoms with Crippen molar-refractivity contribution in [2.75, 3.05) is 26.1 Å². The molecule has 2 N–H and O–H groups in total. The van der Waals surface area contributed by atoms with Crippen LogP contribution in [-0.2, 0) is 33.3 Å². The van der Waals surface area contributed by atoms with E-state index in [1.807, 2.05) is 0 Å². The predicted molar refractivity (Wildman–Crippen MR) is 96.7 cm³/mol. The summed E-state index contributed by atoms with van der Waals surface area (Å²) in [5, 5.41) is 2.87. The van der Waals surface area contributed by atoms with E-state index >= 15 is 0 Å². The van der Waals surface area contributed by atoms with Crippen molar-refractivity contribution in [2.24, 2.45) is 0 Å². The largest absolute Gasteiger partial charge is 0.508 e. The molecule has 0 bridgehead atoms. The monoisotopic (exact) mass is 411 g/mol. The van der Waals surface area contributed by atoms with Crippen LogP contribution in [0.3, 0.4) is 0 Å². The van der Waals surface area contributed by atoms with Gasteiger partial charge in [-0.1, -0.05) is 0 Å². The molecular weight excluding hydrogens is 390 g/mol. The van der Waals surface area contributed by atoms with Crippen LogP contribution in [0.4, 0.5) is 10.6 Å². The zero-order valence-electron chi connectivity index (χ0n) is 16.0. The molecule has 2 heterocycles. The van der Waals surface area contributed by atoms with Crippen LogP contribution in [0.5, 0.6) is 0 Å². The smallest absolute Gasteiger partial charge is 0.466 e. The van der Waals surface area contributed by atoms with Crippen molar-refractivity contribution in [1.82, 2.24) is 9.97 Å². The fourth-order valence-electron chi connectivity index (χ4n) is 2.52. The number of nitrogens with zero attached hydrogens (tertiary/aromatic N) is 1. The molecule has 29 heavy (non-hydrogen) atoms. The number of ether oxygens (including phenoxy) is 5. The van der Waals surface area contributed by atoms with E-state index in [0.717, 1.165) is 6.08 Å². The Morgan fingerprint density at radius 3 is 2.76 bits per heavy atom. The third-order valence-corrected chi connectivity index (χ3v) is 3.76. The SMILES string of the molecule is COC(=O)C=Cc1c[nH]c(=O)nc1N[C@@H]1O[C@H](COC(=O)OC)C[C@H]1OC(C)=O. The summed E-state index contributed by atoms with van der Waals surface area (Å²) in [5.41, 5.74) is -0.287. The summed E-state index contributed by atoms with van der Waals surface area (Å²) in [6.45, 7) is 1.12. The highest BCUT2D eigenvalue weighted by molar-refractivity contribution is 5.87. The maximum Gasteiger partial charge on any atom is 0.508 e. The van der Waals surface area contributed by atoms with Gasteiger partial charge in [0, 0.05) is 31.2 Å². The molecule has 1 saturated heterocycles. The molecule has 0 amide bonds. The van der Waals surface area contributed by atoms with Crippen molar-refractivity contribution in [3.05, 3.63) is 28.3 Å². The number of nitrogens with one attached hydrogen (secondary N) is 2. The van der Waals surface area contributed by atoms with Crippen molar-refractivity contribution in [3.63, 3.8) is 0 Å². The van der Waals surface area contributed by atoms with E-state index in [1.165, 1.54) is 33.4 Å². The minimum Gasteiger partial charge on any atom is -0.466 e. The van der Waals surface area contributed by atoms with Crippen molar-refractivity contribution < 1.29 is 38.1 Å². The highest BCUT2D eigenvalue weighted by Crippen LogP contribution is 2.26. The normalized spacial score (nSPS) is 20.9. The lowest BCUT2D eigenvalue weighted by molar-refractivity contribution is -0.148. The standard InChI is InChI=1S/C17H21N3O9/c1-9(21)28-12-6-11(8-27-17(24)26-3)29-15(12)19-14-10(4-5-13(22)25-2)7-18-16(23)20-14/h4-5,7,11-12,15H,6,8H2,1-3H3,(H2,18,19,20,23)/t11-,12+,15+/m0/s1. The van der Waals surface area contributed by atoms with Gasteiger partial charge in [0.2, 0.25) is 0 Å². The van der Waals surface area contributed by atoms with Gasteiger partial charge in [-0.2, -0.15) is 4.98 Å². The van der Waals surface area contributed by atoms with Crippen molar-refractivity contribution in [3.8, 4) is 0 Å². The first kappa shape index (κ1) is 21.9. The molecular formula is C17H21N3O9. The zero-order chi connectivity index (χ0) is 21.4. The van der Waals surface area contributed by atoms with Gasteiger partial charge in [0.25, 0.3) is 0 Å². The van der Waals surface area contributed by atoms with Crippen LogP contribution in [0, 0.1) is 0 Å². The minimum absolute atomic E-state index is 0.0885. The van der Waals surface area contributed by atoms with Crippen molar-refractivity contribution in [2.45, 2.75) is 31.8 Å². The first-order valence-corrected chi connectivity index (χ1v) is 8.48. The Labute approximate surface area is 165 Å². The molecule has 1 fully saturated rings. The molecule has 0 unspecified atom stereocenters. The Morgan fingerprint density at radius 2 is 2.10 bits per heavy atom. The molecule has 1 aromatic rings. The topological polar surface area (TPSA) is 155 Å². The summed E-state index contributed by atoms with van der Waals surface area (Å²) < 4.78 is 24.8. The second-order valence-electron chi connectivity index (χ2n) is 5.84. The Balaban J connectivity index is 2.18. The van der Waals surface area contributed by atoms with Crippen LogP contribution < -0.4 is 11.0 Å². The van der Waals surface area contributed by atoms with Crippen LogP contribution in [0.25, 0.3) is 6.08 Å². The van der Waals surface area contributed by atoms with Crippen molar-refractivity contribution >= 4 is 30.0 Å². The van der Waals surface area contributed by atoms with Crippen LogP contribution in [0.1, 0.15) is 18.9 Å². The average Bonchev–Trinajstić information content (AvgIpc) is 3.05. The molecule has 1 aliphatic heterocycles. The summed E-state index contributed by atoms with van der Waals surface area (Å²) in [6, 6.07) is 0. The summed E-state index contributed by atoms with van der Waals surface area (Å²) in [6.07, 6.45) is 1.00. The third kappa shape index (κ3) is 6.60. The maximum absolute atomic E-state index is 11.6. The molecule has 0 aromatic carbocycles. The van der Waals surface area contributed by atoms with Crippen LogP contribution in [0.15, 0.2) is 17.1 Å². The van der Waals surface area contributed by atoms with Gasteiger partial charge in [-0.05, 0) is 6.08 Å². The number of carbonyl (C=O) groups is 3. The molecule has 0 radical (unpaired) electrons. The van der Waals surface area contributed by atoms with Crippen LogP contribution in [-0.4, -0.2) is 67.3 Å². The van der Waals surface area contributed by atoms with Gasteiger partial charge < -0.3 is 34.0 Å². The van der Waals surface area contributed by atoms with Gasteiger partial charge in [0.1, 0.15) is 18.5 Å². The fourth-order valence-corrected chi connectivity index (χ4v) is 2.52. The van der Waals surface area contributed by atoms with Crippen LogP contribution in [0.2, 0.25) is 0 Å². The number of esters is 2.